The molecule has 1 aromatic rings. The highest BCUT2D eigenvalue weighted by Crippen LogP contribution is 2.37. The van der Waals surface area contributed by atoms with E-state index in [2.05, 4.69) is 27.9 Å². The molecular weight excluding hydrogens is 232 g/mol. The lowest BCUT2D eigenvalue weighted by Gasteiger charge is -2.34. The first kappa shape index (κ1) is 11.6. The molecule has 3 rings (SSSR count). The fraction of sp³-hybridized carbons (Fsp3) is 0.769. The minimum atomic E-state index is 0.490. The molecule has 94 valence electrons. The van der Waals surface area contributed by atoms with Crippen molar-refractivity contribution in [2.45, 2.75) is 44.7 Å². The lowest BCUT2D eigenvalue weighted by molar-refractivity contribution is 0.147. The monoisotopic (exact) mass is 252 g/mol. The molecule has 0 unspecified atom stereocenters. The van der Waals surface area contributed by atoms with Gasteiger partial charge < -0.3 is 4.52 Å². The van der Waals surface area contributed by atoms with E-state index >= 15 is 0 Å². The van der Waals surface area contributed by atoms with Crippen molar-refractivity contribution in [3.8, 4) is 0 Å². The van der Waals surface area contributed by atoms with Crippen LogP contribution in [0, 0.1) is 6.92 Å². The topological polar surface area (TPSA) is 29.3 Å². The standard InChI is InChI=1S/C13H20N2OS/c1-10-9-13(16-14-10)12-3-2-6-15(12)11-4-7-17-8-5-11/h9,11-12H,2-8H2,1H3/t12-/m1/s1. The zero-order valence-corrected chi connectivity index (χ0v) is 11.2. The van der Waals surface area contributed by atoms with Gasteiger partial charge in [0, 0.05) is 12.1 Å². The third-order valence-corrected chi connectivity index (χ3v) is 4.98. The third-order valence-electron chi connectivity index (χ3n) is 3.93. The van der Waals surface area contributed by atoms with Crippen molar-refractivity contribution in [3.63, 3.8) is 0 Å². The van der Waals surface area contributed by atoms with Crippen LogP contribution in [0.2, 0.25) is 0 Å². The van der Waals surface area contributed by atoms with E-state index in [0.717, 1.165) is 17.5 Å². The van der Waals surface area contributed by atoms with Crippen LogP contribution in [0.15, 0.2) is 10.6 Å². The summed E-state index contributed by atoms with van der Waals surface area (Å²) in [5.41, 5.74) is 1.01. The molecule has 0 spiro atoms. The summed E-state index contributed by atoms with van der Waals surface area (Å²) in [7, 11) is 0. The van der Waals surface area contributed by atoms with Gasteiger partial charge in [0.25, 0.3) is 0 Å². The molecule has 2 aliphatic heterocycles. The number of rotatable bonds is 2. The maximum Gasteiger partial charge on any atom is 0.154 e. The molecule has 3 nitrogen and oxygen atoms in total. The number of hydrogen-bond donors (Lipinski definition) is 0. The van der Waals surface area contributed by atoms with Crippen molar-refractivity contribution in [2.75, 3.05) is 18.1 Å². The zero-order chi connectivity index (χ0) is 11.7. The summed E-state index contributed by atoms with van der Waals surface area (Å²) >= 11 is 2.10. The number of likely N-dealkylation sites (tertiary alicyclic amines) is 1. The van der Waals surface area contributed by atoms with Crippen LogP contribution in [0.5, 0.6) is 0 Å². The Balaban J connectivity index is 1.74. The van der Waals surface area contributed by atoms with E-state index in [4.69, 9.17) is 4.52 Å². The summed E-state index contributed by atoms with van der Waals surface area (Å²) in [5.74, 6) is 3.73. The smallest absolute Gasteiger partial charge is 0.154 e. The average Bonchev–Trinajstić information content (AvgIpc) is 2.98. The van der Waals surface area contributed by atoms with Crippen LogP contribution in [0.25, 0.3) is 0 Å². The molecule has 0 N–H and O–H groups in total. The largest absolute Gasteiger partial charge is 0.359 e. The van der Waals surface area contributed by atoms with Crippen LogP contribution >= 0.6 is 11.8 Å². The van der Waals surface area contributed by atoms with Crippen molar-refractivity contribution < 1.29 is 4.52 Å². The molecular formula is C13H20N2OS. The van der Waals surface area contributed by atoms with Crippen molar-refractivity contribution >= 4 is 11.8 Å². The number of hydrogen-bond acceptors (Lipinski definition) is 4. The molecule has 17 heavy (non-hydrogen) atoms. The van der Waals surface area contributed by atoms with Gasteiger partial charge in [-0.2, -0.15) is 11.8 Å². The van der Waals surface area contributed by atoms with Crippen LogP contribution in [0.4, 0.5) is 0 Å². The number of thioether (sulfide) groups is 1. The van der Waals surface area contributed by atoms with E-state index in [9.17, 15) is 0 Å². The Labute approximate surface area is 107 Å². The van der Waals surface area contributed by atoms with Gasteiger partial charge in [-0.3, -0.25) is 4.90 Å². The van der Waals surface area contributed by atoms with Crippen LogP contribution < -0.4 is 0 Å². The molecule has 0 radical (unpaired) electrons. The Morgan fingerprint density at radius 3 is 2.88 bits per heavy atom. The van der Waals surface area contributed by atoms with Crippen LogP contribution in [-0.4, -0.2) is 34.1 Å². The molecule has 0 amide bonds. The predicted octanol–water partition coefficient (Wildman–Crippen LogP) is 3.02. The van der Waals surface area contributed by atoms with Crippen molar-refractivity contribution in [1.82, 2.24) is 10.1 Å². The van der Waals surface area contributed by atoms with Gasteiger partial charge in [0.1, 0.15) is 0 Å². The Kier molecular flexibility index (Phi) is 3.43. The molecule has 2 aliphatic rings. The van der Waals surface area contributed by atoms with Crippen LogP contribution in [0.1, 0.15) is 43.2 Å². The van der Waals surface area contributed by atoms with Gasteiger partial charge in [-0.1, -0.05) is 5.16 Å². The van der Waals surface area contributed by atoms with Gasteiger partial charge in [0.15, 0.2) is 5.76 Å². The summed E-state index contributed by atoms with van der Waals surface area (Å²) < 4.78 is 5.47. The maximum absolute atomic E-state index is 5.47. The number of nitrogens with zero attached hydrogens (tertiary/aromatic N) is 2. The second-order valence-corrected chi connectivity index (χ2v) is 6.33. The Bertz CT molecular complexity index is 373. The highest BCUT2D eigenvalue weighted by molar-refractivity contribution is 7.99. The van der Waals surface area contributed by atoms with Gasteiger partial charge in [-0.05, 0) is 50.7 Å². The summed E-state index contributed by atoms with van der Waals surface area (Å²) in [6.07, 6.45) is 5.22. The third kappa shape index (κ3) is 2.38. The second-order valence-electron chi connectivity index (χ2n) is 5.11. The lowest BCUT2D eigenvalue weighted by atomic mass is 10.1. The summed E-state index contributed by atoms with van der Waals surface area (Å²) in [6, 6.07) is 3.37. The molecule has 1 aromatic heterocycles. The molecule has 2 saturated heterocycles. The first-order chi connectivity index (χ1) is 8.34. The Hall–Kier alpha value is -0.480. The fourth-order valence-corrected chi connectivity index (χ4v) is 4.17. The Morgan fingerprint density at radius 2 is 2.18 bits per heavy atom. The minimum Gasteiger partial charge on any atom is -0.359 e. The number of aromatic nitrogens is 1. The molecule has 1 atom stereocenters. The molecule has 0 aromatic carbocycles. The molecule has 0 aliphatic carbocycles. The van der Waals surface area contributed by atoms with Crippen LogP contribution in [-0.2, 0) is 0 Å². The SMILES string of the molecule is Cc1cc([C@H]2CCCN2C2CCSCC2)on1. The van der Waals surface area contributed by atoms with Gasteiger partial charge >= 0.3 is 0 Å². The summed E-state index contributed by atoms with van der Waals surface area (Å²) in [5, 5.41) is 4.04. The first-order valence-corrected chi connectivity index (χ1v) is 7.77. The second kappa shape index (κ2) is 5.02. The average molecular weight is 252 g/mol. The predicted molar refractivity (Wildman–Crippen MR) is 70.3 cm³/mol. The molecule has 2 fully saturated rings. The van der Waals surface area contributed by atoms with Crippen LogP contribution in [0.3, 0.4) is 0 Å². The van der Waals surface area contributed by atoms with E-state index in [0.29, 0.717) is 6.04 Å². The first-order valence-electron chi connectivity index (χ1n) is 6.61. The Morgan fingerprint density at radius 1 is 1.35 bits per heavy atom. The quantitative estimate of drug-likeness (QED) is 0.809. The van der Waals surface area contributed by atoms with Crippen molar-refractivity contribution in [3.05, 3.63) is 17.5 Å². The van der Waals surface area contributed by atoms with Crippen molar-refractivity contribution in [1.29, 1.82) is 0 Å². The van der Waals surface area contributed by atoms with E-state index < -0.39 is 0 Å². The minimum absolute atomic E-state index is 0.490. The van der Waals surface area contributed by atoms with Crippen molar-refractivity contribution in [2.24, 2.45) is 0 Å². The highest BCUT2D eigenvalue weighted by atomic mass is 32.2. The normalized spacial score (nSPS) is 27.7. The number of aryl methyl sites for hydroxylation is 1. The summed E-state index contributed by atoms with van der Waals surface area (Å²) in [6.45, 7) is 3.24. The van der Waals surface area contributed by atoms with Gasteiger partial charge in [0.2, 0.25) is 0 Å². The zero-order valence-electron chi connectivity index (χ0n) is 10.4. The van der Waals surface area contributed by atoms with E-state index in [1.807, 2.05) is 6.92 Å². The molecule has 0 bridgehead atoms. The lowest BCUT2D eigenvalue weighted by Crippen LogP contribution is -2.37. The van der Waals surface area contributed by atoms with E-state index in [1.165, 1.54) is 43.7 Å². The van der Waals surface area contributed by atoms with Gasteiger partial charge in [0.05, 0.1) is 11.7 Å². The molecule has 3 heterocycles. The van der Waals surface area contributed by atoms with Gasteiger partial charge in [-0.15, -0.1) is 0 Å². The molecule has 4 heteroatoms. The maximum atomic E-state index is 5.47. The molecule has 0 saturated carbocycles. The fourth-order valence-electron chi connectivity index (χ4n) is 3.09. The van der Waals surface area contributed by atoms with E-state index in [1.54, 1.807) is 0 Å². The highest BCUT2D eigenvalue weighted by Gasteiger charge is 2.34. The van der Waals surface area contributed by atoms with Gasteiger partial charge in [-0.25, -0.2) is 0 Å². The van der Waals surface area contributed by atoms with E-state index in [-0.39, 0.29) is 0 Å². The summed E-state index contributed by atoms with van der Waals surface area (Å²) in [4.78, 5) is 2.67.